The Labute approximate surface area is 105 Å². The molecule has 0 aliphatic carbocycles. The van der Waals surface area contributed by atoms with Crippen molar-refractivity contribution in [1.82, 2.24) is 0 Å². The standard InChI is InChI=1S/C14H11NOS/c1-10-8-11(9-15)6-7-13(10)17-14-5-3-2-4-12(14)16/h2-8,16H,1H3. The zero-order chi connectivity index (χ0) is 12.3. The number of hydrogen-bond donors (Lipinski definition) is 1. The molecule has 0 spiro atoms. The number of hydrogen-bond acceptors (Lipinski definition) is 3. The van der Waals surface area contributed by atoms with Crippen molar-refractivity contribution >= 4 is 11.8 Å². The summed E-state index contributed by atoms with van der Waals surface area (Å²) in [5, 5.41) is 18.5. The molecule has 0 atom stereocenters. The molecule has 0 radical (unpaired) electrons. The van der Waals surface area contributed by atoms with Crippen LogP contribution in [0.15, 0.2) is 52.3 Å². The van der Waals surface area contributed by atoms with Gasteiger partial charge in [-0.25, -0.2) is 0 Å². The Morgan fingerprint density at radius 2 is 1.88 bits per heavy atom. The van der Waals surface area contributed by atoms with Gasteiger partial charge in [-0.2, -0.15) is 5.26 Å². The number of nitrogens with zero attached hydrogens (tertiary/aromatic N) is 1. The average molecular weight is 241 g/mol. The van der Waals surface area contributed by atoms with Crippen LogP contribution in [0.3, 0.4) is 0 Å². The fourth-order valence-corrected chi connectivity index (χ4v) is 2.41. The minimum absolute atomic E-state index is 0.279. The van der Waals surface area contributed by atoms with Crippen LogP contribution in [0.2, 0.25) is 0 Å². The van der Waals surface area contributed by atoms with Gasteiger partial charge in [0.15, 0.2) is 0 Å². The minimum Gasteiger partial charge on any atom is -0.507 e. The number of nitriles is 1. The zero-order valence-electron chi connectivity index (χ0n) is 9.34. The highest BCUT2D eigenvalue weighted by molar-refractivity contribution is 7.99. The Hall–Kier alpha value is -1.92. The molecule has 2 aromatic rings. The second kappa shape index (κ2) is 4.94. The Morgan fingerprint density at radius 3 is 2.53 bits per heavy atom. The molecular formula is C14H11NOS. The predicted molar refractivity (Wildman–Crippen MR) is 68.1 cm³/mol. The quantitative estimate of drug-likeness (QED) is 0.871. The third kappa shape index (κ3) is 2.61. The average Bonchev–Trinajstić information content (AvgIpc) is 2.34. The number of aromatic hydroxyl groups is 1. The smallest absolute Gasteiger partial charge is 0.129 e. The molecule has 2 nitrogen and oxygen atoms in total. The molecule has 0 unspecified atom stereocenters. The zero-order valence-corrected chi connectivity index (χ0v) is 10.2. The highest BCUT2D eigenvalue weighted by Gasteiger charge is 2.05. The van der Waals surface area contributed by atoms with Gasteiger partial charge in [0.1, 0.15) is 5.75 Å². The summed E-state index contributed by atoms with van der Waals surface area (Å²) < 4.78 is 0. The van der Waals surface area contributed by atoms with Crippen molar-refractivity contribution in [2.75, 3.05) is 0 Å². The lowest BCUT2D eigenvalue weighted by Crippen LogP contribution is -1.83. The van der Waals surface area contributed by atoms with Crippen LogP contribution in [0, 0.1) is 18.3 Å². The molecule has 0 bridgehead atoms. The van der Waals surface area contributed by atoms with Crippen LogP contribution in [0.1, 0.15) is 11.1 Å². The molecule has 0 heterocycles. The summed E-state index contributed by atoms with van der Waals surface area (Å²) in [4.78, 5) is 1.87. The molecule has 2 aromatic carbocycles. The summed E-state index contributed by atoms with van der Waals surface area (Å²) in [7, 11) is 0. The number of para-hydroxylation sites is 1. The first-order chi connectivity index (χ1) is 8.20. The number of benzene rings is 2. The SMILES string of the molecule is Cc1cc(C#N)ccc1Sc1ccccc1O. The van der Waals surface area contributed by atoms with E-state index in [1.807, 2.05) is 31.2 Å². The van der Waals surface area contributed by atoms with E-state index in [0.29, 0.717) is 5.56 Å². The Morgan fingerprint density at radius 1 is 1.12 bits per heavy atom. The van der Waals surface area contributed by atoms with Crippen molar-refractivity contribution in [3.8, 4) is 11.8 Å². The fraction of sp³-hybridized carbons (Fsp3) is 0.0714. The lowest BCUT2D eigenvalue weighted by atomic mass is 10.2. The van der Waals surface area contributed by atoms with Crippen LogP contribution in [0.4, 0.5) is 0 Å². The Kier molecular flexibility index (Phi) is 3.36. The van der Waals surface area contributed by atoms with Gasteiger partial charge in [-0.3, -0.25) is 0 Å². The second-order valence-electron chi connectivity index (χ2n) is 3.66. The van der Waals surface area contributed by atoms with Crippen LogP contribution in [-0.4, -0.2) is 5.11 Å². The molecular weight excluding hydrogens is 230 g/mol. The Balaban J connectivity index is 2.32. The van der Waals surface area contributed by atoms with Crippen molar-refractivity contribution in [1.29, 1.82) is 5.26 Å². The molecule has 2 rings (SSSR count). The molecule has 17 heavy (non-hydrogen) atoms. The summed E-state index contributed by atoms with van der Waals surface area (Å²) in [5.74, 6) is 0.279. The van der Waals surface area contributed by atoms with E-state index in [2.05, 4.69) is 6.07 Å². The van der Waals surface area contributed by atoms with Crippen molar-refractivity contribution in [2.45, 2.75) is 16.7 Å². The van der Waals surface area contributed by atoms with Crippen LogP contribution in [-0.2, 0) is 0 Å². The third-order valence-corrected chi connectivity index (χ3v) is 3.63. The van der Waals surface area contributed by atoms with Crippen molar-refractivity contribution < 1.29 is 5.11 Å². The van der Waals surface area contributed by atoms with E-state index in [9.17, 15) is 5.11 Å². The molecule has 0 saturated heterocycles. The van der Waals surface area contributed by atoms with Gasteiger partial charge in [-0.15, -0.1) is 0 Å². The fourth-order valence-electron chi connectivity index (χ4n) is 1.50. The number of phenols is 1. The highest BCUT2D eigenvalue weighted by atomic mass is 32.2. The lowest BCUT2D eigenvalue weighted by molar-refractivity contribution is 0.462. The first-order valence-electron chi connectivity index (χ1n) is 5.17. The number of aryl methyl sites for hydroxylation is 1. The molecule has 0 fully saturated rings. The largest absolute Gasteiger partial charge is 0.507 e. The van der Waals surface area contributed by atoms with Crippen LogP contribution in [0.25, 0.3) is 0 Å². The first kappa shape index (κ1) is 11.6. The van der Waals surface area contributed by atoms with E-state index in [-0.39, 0.29) is 5.75 Å². The molecule has 3 heteroatoms. The molecule has 0 saturated carbocycles. The van der Waals surface area contributed by atoms with Gasteiger partial charge in [-0.1, -0.05) is 23.9 Å². The van der Waals surface area contributed by atoms with E-state index in [4.69, 9.17) is 5.26 Å². The lowest BCUT2D eigenvalue weighted by Gasteiger charge is -2.07. The number of rotatable bonds is 2. The molecule has 0 aromatic heterocycles. The maximum Gasteiger partial charge on any atom is 0.129 e. The van der Waals surface area contributed by atoms with Crippen LogP contribution >= 0.6 is 11.8 Å². The van der Waals surface area contributed by atoms with Gasteiger partial charge in [0.2, 0.25) is 0 Å². The van der Waals surface area contributed by atoms with Crippen LogP contribution in [0.5, 0.6) is 5.75 Å². The van der Waals surface area contributed by atoms with Gasteiger partial charge >= 0.3 is 0 Å². The number of phenolic OH excluding ortho intramolecular Hbond substituents is 1. The van der Waals surface area contributed by atoms with Gasteiger partial charge in [0, 0.05) is 4.90 Å². The van der Waals surface area contributed by atoms with Gasteiger partial charge in [-0.05, 0) is 42.8 Å². The monoisotopic (exact) mass is 241 g/mol. The van der Waals surface area contributed by atoms with Gasteiger partial charge < -0.3 is 5.11 Å². The van der Waals surface area contributed by atoms with E-state index < -0.39 is 0 Å². The Bertz CT molecular complexity index is 587. The van der Waals surface area contributed by atoms with Gasteiger partial charge in [0.25, 0.3) is 0 Å². The molecule has 0 amide bonds. The highest BCUT2D eigenvalue weighted by Crippen LogP contribution is 2.35. The summed E-state index contributed by atoms with van der Waals surface area (Å²) in [6.45, 7) is 1.96. The third-order valence-electron chi connectivity index (χ3n) is 2.39. The van der Waals surface area contributed by atoms with Crippen molar-refractivity contribution in [2.24, 2.45) is 0 Å². The molecule has 1 N–H and O–H groups in total. The molecule has 0 aliphatic rings. The second-order valence-corrected chi connectivity index (χ2v) is 4.75. The molecule has 0 aliphatic heterocycles. The van der Waals surface area contributed by atoms with Crippen molar-refractivity contribution in [3.63, 3.8) is 0 Å². The summed E-state index contributed by atoms with van der Waals surface area (Å²) >= 11 is 1.50. The molecule has 84 valence electrons. The summed E-state index contributed by atoms with van der Waals surface area (Å²) in [6, 6.07) is 14.9. The predicted octanol–water partition coefficient (Wildman–Crippen LogP) is 3.72. The first-order valence-corrected chi connectivity index (χ1v) is 5.99. The van der Waals surface area contributed by atoms with Crippen LogP contribution < -0.4 is 0 Å². The van der Waals surface area contributed by atoms with Gasteiger partial charge in [0.05, 0.1) is 16.5 Å². The summed E-state index contributed by atoms with van der Waals surface area (Å²) in [5.41, 5.74) is 1.70. The minimum atomic E-state index is 0.279. The van der Waals surface area contributed by atoms with E-state index in [0.717, 1.165) is 15.4 Å². The van der Waals surface area contributed by atoms with Crippen molar-refractivity contribution in [3.05, 3.63) is 53.6 Å². The maximum absolute atomic E-state index is 9.69. The van der Waals surface area contributed by atoms with E-state index in [1.54, 1.807) is 18.2 Å². The maximum atomic E-state index is 9.69. The normalized spacial score (nSPS) is 9.88. The summed E-state index contributed by atoms with van der Waals surface area (Å²) in [6.07, 6.45) is 0. The van der Waals surface area contributed by atoms with E-state index >= 15 is 0 Å². The van der Waals surface area contributed by atoms with E-state index in [1.165, 1.54) is 11.8 Å². The topological polar surface area (TPSA) is 44.0 Å².